The Morgan fingerprint density at radius 1 is 1.26 bits per heavy atom. The minimum Gasteiger partial charge on any atom is -0.379 e. The van der Waals surface area contributed by atoms with Crippen LogP contribution in [-0.2, 0) is 17.7 Å². The molecule has 0 aromatic carbocycles. The van der Waals surface area contributed by atoms with Gasteiger partial charge < -0.3 is 9.26 Å². The van der Waals surface area contributed by atoms with E-state index in [0.717, 1.165) is 50.6 Å². The van der Waals surface area contributed by atoms with E-state index in [1.807, 2.05) is 25.4 Å². The topological polar surface area (TPSA) is 51.4 Å². The zero-order valence-corrected chi connectivity index (χ0v) is 13.9. The number of nitrogens with zero attached hydrogens (tertiary/aromatic N) is 3. The van der Waals surface area contributed by atoms with Gasteiger partial charge in [-0.25, -0.2) is 0 Å². The van der Waals surface area contributed by atoms with E-state index in [9.17, 15) is 0 Å². The van der Waals surface area contributed by atoms with Gasteiger partial charge in [0.25, 0.3) is 0 Å². The molecule has 0 unspecified atom stereocenters. The molecule has 1 fully saturated rings. The van der Waals surface area contributed by atoms with Crippen LogP contribution in [0.4, 0.5) is 0 Å². The second-order valence-corrected chi connectivity index (χ2v) is 6.33. The lowest BCUT2D eigenvalue weighted by molar-refractivity contribution is 0.134. The van der Waals surface area contributed by atoms with Crippen molar-refractivity contribution in [1.29, 1.82) is 0 Å². The largest absolute Gasteiger partial charge is 0.379 e. The van der Waals surface area contributed by atoms with E-state index < -0.39 is 0 Å². The average Bonchev–Trinajstić information content (AvgIpc) is 3.17. The summed E-state index contributed by atoms with van der Waals surface area (Å²) in [5.41, 5.74) is 2.24. The maximum Gasteiger partial charge on any atom is 0.137 e. The molecule has 5 nitrogen and oxygen atoms in total. The zero-order chi connectivity index (χ0) is 16.1. The van der Waals surface area contributed by atoms with Crippen LogP contribution in [-0.4, -0.2) is 40.8 Å². The van der Waals surface area contributed by atoms with E-state index in [1.165, 1.54) is 5.56 Å². The third kappa shape index (κ3) is 4.18. The van der Waals surface area contributed by atoms with Crippen LogP contribution in [0.2, 0.25) is 0 Å². The van der Waals surface area contributed by atoms with Crippen molar-refractivity contribution in [2.45, 2.75) is 39.3 Å². The SMILES string of the molecule is CCCN(Cc1ccncc1)[C@@H]1COC[C@H]1Cc1cc(C)no1. The molecule has 2 aromatic rings. The molecule has 1 aliphatic heterocycles. The Balaban J connectivity index is 1.69. The van der Waals surface area contributed by atoms with Crippen molar-refractivity contribution >= 4 is 0 Å². The van der Waals surface area contributed by atoms with E-state index in [0.29, 0.717) is 12.0 Å². The molecule has 23 heavy (non-hydrogen) atoms. The third-order valence-electron chi connectivity index (χ3n) is 4.42. The lowest BCUT2D eigenvalue weighted by Gasteiger charge is -2.31. The molecule has 3 heterocycles. The molecule has 2 aromatic heterocycles. The maximum absolute atomic E-state index is 5.80. The molecule has 0 aliphatic carbocycles. The Hall–Kier alpha value is -1.72. The highest BCUT2D eigenvalue weighted by molar-refractivity contribution is 5.10. The normalized spacial score (nSPS) is 21.2. The number of hydrogen-bond acceptors (Lipinski definition) is 5. The second-order valence-electron chi connectivity index (χ2n) is 6.33. The van der Waals surface area contributed by atoms with Crippen molar-refractivity contribution in [3.05, 3.63) is 47.6 Å². The minimum atomic E-state index is 0.425. The summed E-state index contributed by atoms with van der Waals surface area (Å²) in [6.45, 7) is 7.79. The predicted molar refractivity (Wildman–Crippen MR) is 88.0 cm³/mol. The first kappa shape index (κ1) is 16.1. The molecule has 124 valence electrons. The molecule has 1 aliphatic rings. The van der Waals surface area contributed by atoms with Gasteiger partial charge in [-0.15, -0.1) is 0 Å². The zero-order valence-electron chi connectivity index (χ0n) is 13.9. The monoisotopic (exact) mass is 315 g/mol. The summed E-state index contributed by atoms with van der Waals surface area (Å²) in [6.07, 6.45) is 5.75. The Morgan fingerprint density at radius 3 is 2.78 bits per heavy atom. The van der Waals surface area contributed by atoms with Crippen molar-refractivity contribution in [1.82, 2.24) is 15.0 Å². The Bertz CT molecular complexity index is 599. The van der Waals surface area contributed by atoms with Crippen LogP contribution in [0, 0.1) is 12.8 Å². The molecule has 2 atom stereocenters. The number of hydrogen-bond donors (Lipinski definition) is 0. The molecular formula is C18H25N3O2. The van der Waals surface area contributed by atoms with Gasteiger partial charge in [0, 0.05) is 43.4 Å². The van der Waals surface area contributed by atoms with Crippen molar-refractivity contribution in [2.75, 3.05) is 19.8 Å². The first-order valence-electron chi connectivity index (χ1n) is 8.39. The molecule has 1 saturated heterocycles. The van der Waals surface area contributed by atoms with E-state index in [1.54, 1.807) is 0 Å². The van der Waals surface area contributed by atoms with Gasteiger partial charge in [0.15, 0.2) is 0 Å². The van der Waals surface area contributed by atoms with Crippen LogP contribution in [0.25, 0.3) is 0 Å². The van der Waals surface area contributed by atoms with E-state index in [4.69, 9.17) is 9.26 Å². The van der Waals surface area contributed by atoms with Crippen LogP contribution < -0.4 is 0 Å². The molecule has 3 rings (SSSR count). The van der Waals surface area contributed by atoms with Gasteiger partial charge in [-0.2, -0.15) is 0 Å². The smallest absolute Gasteiger partial charge is 0.137 e. The summed E-state index contributed by atoms with van der Waals surface area (Å²) in [5, 5.41) is 4.00. The summed E-state index contributed by atoms with van der Waals surface area (Å²) in [4.78, 5) is 6.64. The lowest BCUT2D eigenvalue weighted by atomic mass is 9.96. The number of rotatable bonds is 7. The predicted octanol–water partition coefficient (Wildman–Crippen LogP) is 2.85. The first-order chi connectivity index (χ1) is 11.3. The van der Waals surface area contributed by atoms with Gasteiger partial charge in [-0.05, 0) is 37.6 Å². The molecule has 0 spiro atoms. The van der Waals surface area contributed by atoms with E-state index >= 15 is 0 Å². The van der Waals surface area contributed by atoms with Crippen LogP contribution in [0.5, 0.6) is 0 Å². The van der Waals surface area contributed by atoms with Gasteiger partial charge in [-0.3, -0.25) is 9.88 Å². The Labute approximate surface area is 137 Å². The van der Waals surface area contributed by atoms with Crippen LogP contribution in [0.1, 0.15) is 30.4 Å². The fourth-order valence-electron chi connectivity index (χ4n) is 3.33. The number of aromatic nitrogens is 2. The van der Waals surface area contributed by atoms with Gasteiger partial charge in [0.2, 0.25) is 0 Å². The third-order valence-corrected chi connectivity index (χ3v) is 4.42. The van der Waals surface area contributed by atoms with Crippen LogP contribution in [0.15, 0.2) is 35.1 Å². The summed E-state index contributed by atoms with van der Waals surface area (Å²) in [5.74, 6) is 1.42. The molecule has 0 bridgehead atoms. The van der Waals surface area contributed by atoms with Crippen molar-refractivity contribution in [2.24, 2.45) is 5.92 Å². The number of aryl methyl sites for hydroxylation is 1. The van der Waals surface area contributed by atoms with Gasteiger partial charge in [-0.1, -0.05) is 12.1 Å². The van der Waals surface area contributed by atoms with E-state index in [2.05, 4.69) is 34.1 Å². The van der Waals surface area contributed by atoms with E-state index in [-0.39, 0.29) is 0 Å². The summed E-state index contributed by atoms with van der Waals surface area (Å²) >= 11 is 0. The number of ether oxygens (including phenoxy) is 1. The fourth-order valence-corrected chi connectivity index (χ4v) is 3.33. The molecule has 0 amide bonds. The summed E-state index contributed by atoms with van der Waals surface area (Å²) < 4.78 is 11.2. The van der Waals surface area contributed by atoms with Gasteiger partial charge >= 0.3 is 0 Å². The summed E-state index contributed by atoms with van der Waals surface area (Å²) in [7, 11) is 0. The fraction of sp³-hybridized carbons (Fsp3) is 0.556. The molecule has 0 saturated carbocycles. The Kier molecular flexibility index (Phi) is 5.41. The second kappa shape index (κ2) is 7.70. The first-order valence-corrected chi connectivity index (χ1v) is 8.39. The Morgan fingerprint density at radius 2 is 2.09 bits per heavy atom. The minimum absolute atomic E-state index is 0.425. The molecule has 0 radical (unpaired) electrons. The quantitative estimate of drug-likeness (QED) is 0.786. The molecule has 5 heteroatoms. The highest BCUT2D eigenvalue weighted by Crippen LogP contribution is 2.25. The number of pyridine rings is 1. The molecule has 0 N–H and O–H groups in total. The van der Waals surface area contributed by atoms with Crippen LogP contribution >= 0.6 is 0 Å². The van der Waals surface area contributed by atoms with Crippen molar-refractivity contribution in [3.8, 4) is 0 Å². The highest BCUT2D eigenvalue weighted by Gasteiger charge is 2.33. The van der Waals surface area contributed by atoms with Crippen molar-refractivity contribution < 1.29 is 9.26 Å². The van der Waals surface area contributed by atoms with Crippen molar-refractivity contribution in [3.63, 3.8) is 0 Å². The highest BCUT2D eigenvalue weighted by atomic mass is 16.5. The molecular weight excluding hydrogens is 290 g/mol. The van der Waals surface area contributed by atoms with Gasteiger partial charge in [0.1, 0.15) is 5.76 Å². The standard InChI is InChI=1S/C18H25N3O2/c1-3-8-21(11-15-4-6-19-7-5-15)18-13-22-12-16(18)10-17-9-14(2)20-23-17/h4-7,9,16,18H,3,8,10-13H2,1-2H3/t16-,18-/m1/s1. The van der Waals surface area contributed by atoms with Crippen LogP contribution in [0.3, 0.4) is 0 Å². The lowest BCUT2D eigenvalue weighted by Crippen LogP contribution is -2.41. The average molecular weight is 315 g/mol. The summed E-state index contributed by atoms with van der Waals surface area (Å²) in [6, 6.07) is 6.64. The van der Waals surface area contributed by atoms with Gasteiger partial charge in [0.05, 0.1) is 18.9 Å². The maximum atomic E-state index is 5.80.